The van der Waals surface area contributed by atoms with Crippen LogP contribution in [0, 0.1) is 0 Å². The average molecular weight is 197 g/mol. The molecule has 0 unspecified atom stereocenters. The zero-order chi connectivity index (χ0) is 9.52. The third kappa shape index (κ3) is 3.30. The van der Waals surface area contributed by atoms with Crippen molar-refractivity contribution in [1.29, 1.82) is 0 Å². The summed E-state index contributed by atoms with van der Waals surface area (Å²) < 4.78 is 4.48. The molecule has 0 saturated carbocycles. The Hall–Kier alpha value is -1.28. The second kappa shape index (κ2) is 5.38. The maximum atomic E-state index is 9.80. The molecule has 0 N–H and O–H groups in total. The Kier molecular flexibility index (Phi) is 4.06. The van der Waals surface area contributed by atoms with Crippen LogP contribution in [0.3, 0.4) is 0 Å². The Morgan fingerprint density at radius 3 is 2.85 bits per heavy atom. The van der Waals surface area contributed by atoms with E-state index in [0.29, 0.717) is 11.5 Å². The van der Waals surface area contributed by atoms with E-state index in [4.69, 9.17) is 11.6 Å². The van der Waals surface area contributed by atoms with Gasteiger partial charge in [0.1, 0.15) is 6.61 Å². The van der Waals surface area contributed by atoms with Crippen LogP contribution in [0.4, 0.5) is 0 Å². The van der Waals surface area contributed by atoms with E-state index in [9.17, 15) is 4.79 Å². The van der Waals surface area contributed by atoms with E-state index in [1.807, 2.05) is 30.3 Å². The Morgan fingerprint density at radius 2 is 2.15 bits per heavy atom. The molecule has 3 heteroatoms. The number of carbonyl (C=O) groups is 1. The number of hydrogen-bond donors (Lipinski definition) is 0. The first kappa shape index (κ1) is 9.81. The molecule has 2 nitrogen and oxygen atoms in total. The highest BCUT2D eigenvalue weighted by molar-refractivity contribution is 6.32. The molecule has 0 bridgehead atoms. The van der Waals surface area contributed by atoms with Crippen molar-refractivity contribution in [2.45, 2.75) is 0 Å². The van der Waals surface area contributed by atoms with Crippen LogP contribution in [0.5, 0.6) is 0 Å². The Labute approximate surface area is 81.8 Å². The number of benzene rings is 1. The van der Waals surface area contributed by atoms with Gasteiger partial charge in [-0.05, 0) is 17.7 Å². The summed E-state index contributed by atoms with van der Waals surface area (Å²) in [6.07, 6.45) is 3.54. The minimum absolute atomic E-state index is 0.273. The smallest absolute Gasteiger partial charge is 0.293 e. The predicted molar refractivity (Wildman–Crippen MR) is 52.5 cm³/mol. The number of ether oxygens (including phenoxy) is 1. The van der Waals surface area contributed by atoms with Crippen molar-refractivity contribution in [2.24, 2.45) is 0 Å². The lowest BCUT2D eigenvalue weighted by Crippen LogP contribution is -1.85. The summed E-state index contributed by atoms with van der Waals surface area (Å²) in [4.78, 5) is 9.80. The van der Waals surface area contributed by atoms with E-state index in [-0.39, 0.29) is 6.61 Å². The van der Waals surface area contributed by atoms with E-state index in [0.717, 1.165) is 5.56 Å². The second-order valence-electron chi connectivity index (χ2n) is 2.35. The summed E-state index contributed by atoms with van der Waals surface area (Å²) in [5.74, 6) is 0. The zero-order valence-corrected chi connectivity index (χ0v) is 7.70. The molecular weight excluding hydrogens is 188 g/mol. The van der Waals surface area contributed by atoms with E-state index in [1.165, 1.54) is 0 Å². The first-order chi connectivity index (χ1) is 6.34. The molecule has 13 heavy (non-hydrogen) atoms. The Morgan fingerprint density at radius 1 is 1.38 bits per heavy atom. The maximum Gasteiger partial charge on any atom is 0.293 e. The molecule has 1 aromatic carbocycles. The lowest BCUT2D eigenvalue weighted by Gasteiger charge is -1.95. The first-order valence-corrected chi connectivity index (χ1v) is 4.18. The third-order valence-electron chi connectivity index (χ3n) is 1.46. The minimum Gasteiger partial charge on any atom is -0.464 e. The van der Waals surface area contributed by atoms with Crippen LogP contribution in [0.25, 0.3) is 6.08 Å². The zero-order valence-electron chi connectivity index (χ0n) is 6.94. The van der Waals surface area contributed by atoms with Crippen LogP contribution < -0.4 is 0 Å². The molecular formula is C10H9ClO2. The molecule has 0 aliphatic carbocycles. The van der Waals surface area contributed by atoms with Gasteiger partial charge >= 0.3 is 0 Å². The van der Waals surface area contributed by atoms with Gasteiger partial charge in [-0.25, -0.2) is 0 Å². The van der Waals surface area contributed by atoms with Crippen LogP contribution in [0.2, 0.25) is 5.02 Å². The normalized spacial score (nSPS) is 10.2. The minimum atomic E-state index is 0.273. The molecule has 0 radical (unpaired) electrons. The largest absolute Gasteiger partial charge is 0.464 e. The van der Waals surface area contributed by atoms with Gasteiger partial charge in [0, 0.05) is 5.02 Å². The third-order valence-corrected chi connectivity index (χ3v) is 1.81. The fourth-order valence-corrected chi connectivity index (χ4v) is 1.08. The van der Waals surface area contributed by atoms with Crippen molar-refractivity contribution < 1.29 is 9.53 Å². The van der Waals surface area contributed by atoms with Crippen LogP contribution >= 0.6 is 11.6 Å². The monoisotopic (exact) mass is 196 g/mol. The predicted octanol–water partition coefficient (Wildman–Crippen LogP) is 2.53. The molecule has 0 heterocycles. The summed E-state index contributed by atoms with van der Waals surface area (Å²) in [6.45, 7) is 0.686. The fourth-order valence-electron chi connectivity index (χ4n) is 0.880. The molecule has 0 amide bonds. The molecule has 0 aromatic heterocycles. The Balaban J connectivity index is 2.58. The van der Waals surface area contributed by atoms with Gasteiger partial charge < -0.3 is 4.74 Å². The average Bonchev–Trinajstić information content (AvgIpc) is 2.15. The van der Waals surface area contributed by atoms with Crippen molar-refractivity contribution in [2.75, 3.05) is 6.61 Å². The molecule has 0 aliphatic rings. The summed E-state index contributed by atoms with van der Waals surface area (Å²) in [5, 5.41) is 0.685. The number of carbonyl (C=O) groups excluding carboxylic acids is 1. The highest BCUT2D eigenvalue weighted by Crippen LogP contribution is 2.15. The summed E-state index contributed by atoms with van der Waals surface area (Å²) in [5.41, 5.74) is 0.915. The van der Waals surface area contributed by atoms with Gasteiger partial charge in [0.2, 0.25) is 0 Å². The van der Waals surface area contributed by atoms with E-state index < -0.39 is 0 Å². The summed E-state index contributed by atoms with van der Waals surface area (Å²) >= 11 is 5.88. The molecule has 0 fully saturated rings. The van der Waals surface area contributed by atoms with E-state index in [2.05, 4.69) is 4.74 Å². The van der Waals surface area contributed by atoms with Crippen molar-refractivity contribution in [1.82, 2.24) is 0 Å². The standard InChI is InChI=1S/C10H9ClO2/c11-10-6-2-1-4-9(10)5-3-7-13-8-12/h1-6,8H,7H2/b5-3+. The number of rotatable bonds is 4. The molecule has 1 rings (SSSR count). The van der Waals surface area contributed by atoms with Gasteiger partial charge in [-0.3, -0.25) is 4.79 Å². The second-order valence-corrected chi connectivity index (χ2v) is 2.76. The van der Waals surface area contributed by atoms with Gasteiger partial charge in [0.25, 0.3) is 6.47 Å². The van der Waals surface area contributed by atoms with E-state index in [1.54, 1.807) is 6.08 Å². The molecule has 68 valence electrons. The molecule has 0 aliphatic heterocycles. The molecule has 0 atom stereocenters. The van der Waals surface area contributed by atoms with Gasteiger partial charge in [-0.2, -0.15) is 0 Å². The number of halogens is 1. The van der Waals surface area contributed by atoms with Crippen molar-refractivity contribution in [3.05, 3.63) is 40.9 Å². The van der Waals surface area contributed by atoms with Gasteiger partial charge in [0.15, 0.2) is 0 Å². The molecule has 1 aromatic rings. The number of hydrogen-bond acceptors (Lipinski definition) is 2. The van der Waals surface area contributed by atoms with Crippen LogP contribution in [0.15, 0.2) is 30.3 Å². The maximum absolute atomic E-state index is 9.80. The van der Waals surface area contributed by atoms with Gasteiger partial charge in [-0.1, -0.05) is 35.9 Å². The lowest BCUT2D eigenvalue weighted by atomic mass is 10.2. The molecule has 0 spiro atoms. The summed E-state index contributed by atoms with van der Waals surface area (Å²) in [6, 6.07) is 7.45. The van der Waals surface area contributed by atoms with Crippen molar-refractivity contribution in [3.63, 3.8) is 0 Å². The first-order valence-electron chi connectivity index (χ1n) is 3.81. The van der Waals surface area contributed by atoms with Crippen LogP contribution in [0.1, 0.15) is 5.56 Å². The lowest BCUT2D eigenvalue weighted by molar-refractivity contribution is -0.127. The van der Waals surface area contributed by atoms with Gasteiger partial charge in [-0.15, -0.1) is 0 Å². The van der Waals surface area contributed by atoms with E-state index >= 15 is 0 Å². The quantitative estimate of drug-likeness (QED) is 0.547. The highest BCUT2D eigenvalue weighted by Gasteiger charge is 1.91. The van der Waals surface area contributed by atoms with Gasteiger partial charge in [0.05, 0.1) is 0 Å². The Bertz CT molecular complexity index is 308. The molecule has 0 saturated heterocycles. The van der Waals surface area contributed by atoms with Crippen molar-refractivity contribution >= 4 is 24.1 Å². The van der Waals surface area contributed by atoms with Crippen LogP contribution in [-0.4, -0.2) is 13.1 Å². The SMILES string of the molecule is O=COC/C=C/c1ccccc1Cl. The summed E-state index contributed by atoms with van der Waals surface area (Å²) in [7, 11) is 0. The highest BCUT2D eigenvalue weighted by atomic mass is 35.5. The fraction of sp³-hybridized carbons (Fsp3) is 0.100. The van der Waals surface area contributed by atoms with Crippen LogP contribution in [-0.2, 0) is 9.53 Å². The topological polar surface area (TPSA) is 26.3 Å². The van der Waals surface area contributed by atoms with Crippen molar-refractivity contribution in [3.8, 4) is 0 Å².